The molecule has 1 aliphatic rings. The van der Waals surface area contributed by atoms with Crippen LogP contribution in [-0.4, -0.2) is 29.5 Å². The molecule has 0 amide bonds. The number of nitrogens with one attached hydrogen (secondary N) is 1. The summed E-state index contributed by atoms with van der Waals surface area (Å²) in [6.07, 6.45) is 6.96. The fraction of sp³-hybridized carbons (Fsp3) is 0.350. The van der Waals surface area contributed by atoms with Crippen LogP contribution >= 0.6 is 11.6 Å². The number of hydrogen-bond acceptors (Lipinski definition) is 3. The number of pyridine rings is 1. The van der Waals surface area contributed by atoms with Gasteiger partial charge in [-0.05, 0) is 37.1 Å². The van der Waals surface area contributed by atoms with Gasteiger partial charge in [-0.25, -0.2) is 4.98 Å². The van der Waals surface area contributed by atoms with Gasteiger partial charge < -0.3 is 10.2 Å². The van der Waals surface area contributed by atoms with E-state index in [2.05, 4.69) is 53.0 Å². The molecule has 4 rings (SSSR count). The van der Waals surface area contributed by atoms with Crippen LogP contribution in [0.1, 0.15) is 25.7 Å². The number of anilines is 2. The third-order valence-electron chi connectivity index (χ3n) is 4.94. The molecule has 0 aliphatic heterocycles. The third kappa shape index (κ3) is 3.19. The monoisotopic (exact) mass is 354 g/mol. The van der Waals surface area contributed by atoms with Gasteiger partial charge in [0.05, 0.1) is 5.02 Å². The van der Waals surface area contributed by atoms with Crippen molar-refractivity contribution in [3.05, 3.63) is 47.6 Å². The standard InChI is InChI=1S/C20H23ClN4/c1-24(2)17-10-7-14(8-11-17)19-20(22-16-5-3-4-6-16)25-13-15(21)9-12-18(25)23-19/h7-13,16,22H,3-6H2,1-2H3. The third-order valence-corrected chi connectivity index (χ3v) is 5.16. The van der Waals surface area contributed by atoms with Crippen molar-refractivity contribution in [1.29, 1.82) is 0 Å². The van der Waals surface area contributed by atoms with Gasteiger partial charge in [0.15, 0.2) is 0 Å². The second-order valence-electron chi connectivity index (χ2n) is 6.95. The number of nitrogens with zero attached hydrogens (tertiary/aromatic N) is 3. The molecule has 5 heteroatoms. The van der Waals surface area contributed by atoms with Crippen molar-refractivity contribution in [2.75, 3.05) is 24.3 Å². The Bertz CT molecular complexity index is 877. The molecule has 4 nitrogen and oxygen atoms in total. The summed E-state index contributed by atoms with van der Waals surface area (Å²) >= 11 is 6.24. The largest absolute Gasteiger partial charge is 0.378 e. The van der Waals surface area contributed by atoms with E-state index in [4.69, 9.17) is 16.6 Å². The fourth-order valence-electron chi connectivity index (χ4n) is 3.54. The molecule has 3 aromatic rings. The Balaban J connectivity index is 1.80. The van der Waals surface area contributed by atoms with Crippen molar-refractivity contribution < 1.29 is 0 Å². The normalized spacial score (nSPS) is 15.0. The number of imidazole rings is 1. The molecule has 0 atom stereocenters. The van der Waals surface area contributed by atoms with Gasteiger partial charge in [0.25, 0.3) is 0 Å². The lowest BCUT2D eigenvalue weighted by Gasteiger charge is -2.16. The van der Waals surface area contributed by atoms with Crippen LogP contribution in [0.4, 0.5) is 11.5 Å². The molecule has 0 unspecified atom stereocenters. The van der Waals surface area contributed by atoms with Gasteiger partial charge in [0, 0.05) is 37.6 Å². The van der Waals surface area contributed by atoms with Gasteiger partial charge in [0.2, 0.25) is 0 Å². The lowest BCUT2D eigenvalue weighted by atomic mass is 10.1. The number of hydrogen-bond donors (Lipinski definition) is 1. The SMILES string of the molecule is CN(C)c1ccc(-c2nc3ccc(Cl)cn3c2NC2CCCC2)cc1. The summed E-state index contributed by atoms with van der Waals surface area (Å²) in [6, 6.07) is 12.9. The highest BCUT2D eigenvalue weighted by Gasteiger charge is 2.20. The van der Waals surface area contributed by atoms with Gasteiger partial charge in [-0.1, -0.05) is 36.6 Å². The minimum Gasteiger partial charge on any atom is -0.378 e. The molecule has 1 aromatic carbocycles. The van der Waals surface area contributed by atoms with Crippen LogP contribution in [0.3, 0.4) is 0 Å². The maximum Gasteiger partial charge on any atom is 0.139 e. The molecule has 0 radical (unpaired) electrons. The molecule has 2 heterocycles. The highest BCUT2D eigenvalue weighted by molar-refractivity contribution is 6.30. The van der Waals surface area contributed by atoms with E-state index in [9.17, 15) is 0 Å². The lowest BCUT2D eigenvalue weighted by molar-refractivity contribution is 0.749. The smallest absolute Gasteiger partial charge is 0.139 e. The van der Waals surface area contributed by atoms with E-state index in [1.807, 2.05) is 18.3 Å². The molecule has 1 fully saturated rings. The quantitative estimate of drug-likeness (QED) is 0.709. The van der Waals surface area contributed by atoms with Gasteiger partial charge >= 0.3 is 0 Å². The Morgan fingerprint density at radius 2 is 1.80 bits per heavy atom. The Kier molecular flexibility index (Phi) is 4.30. The predicted octanol–water partition coefficient (Wildman–Crippen LogP) is 5.08. The summed E-state index contributed by atoms with van der Waals surface area (Å²) < 4.78 is 2.08. The van der Waals surface area contributed by atoms with Crippen molar-refractivity contribution >= 4 is 28.8 Å². The minimum atomic E-state index is 0.513. The van der Waals surface area contributed by atoms with E-state index in [0.29, 0.717) is 11.1 Å². The summed E-state index contributed by atoms with van der Waals surface area (Å²) in [4.78, 5) is 6.97. The lowest BCUT2D eigenvalue weighted by Crippen LogP contribution is -2.16. The molecule has 1 N–H and O–H groups in total. The van der Waals surface area contributed by atoms with Gasteiger partial charge in [-0.2, -0.15) is 0 Å². The highest BCUT2D eigenvalue weighted by atomic mass is 35.5. The zero-order valence-electron chi connectivity index (χ0n) is 14.7. The molecule has 1 aliphatic carbocycles. The fourth-order valence-corrected chi connectivity index (χ4v) is 3.70. The van der Waals surface area contributed by atoms with Crippen LogP contribution in [0.25, 0.3) is 16.9 Å². The molecular weight excluding hydrogens is 332 g/mol. The number of aromatic nitrogens is 2. The molecule has 25 heavy (non-hydrogen) atoms. The Hall–Kier alpha value is -2.20. The molecule has 0 spiro atoms. The number of fused-ring (bicyclic) bond motifs is 1. The van der Waals surface area contributed by atoms with Gasteiger partial charge in [0.1, 0.15) is 17.2 Å². The van der Waals surface area contributed by atoms with Crippen LogP contribution < -0.4 is 10.2 Å². The number of benzene rings is 1. The van der Waals surface area contributed by atoms with Crippen molar-refractivity contribution in [2.45, 2.75) is 31.7 Å². The number of halogens is 1. The summed E-state index contributed by atoms with van der Waals surface area (Å²) in [5, 5.41) is 4.44. The Morgan fingerprint density at radius 1 is 1.08 bits per heavy atom. The first-order valence-electron chi connectivity index (χ1n) is 8.84. The van der Waals surface area contributed by atoms with Crippen molar-refractivity contribution in [3.63, 3.8) is 0 Å². The molecule has 1 saturated carbocycles. The second-order valence-corrected chi connectivity index (χ2v) is 7.39. The summed E-state index contributed by atoms with van der Waals surface area (Å²) in [5.41, 5.74) is 4.20. The second kappa shape index (κ2) is 6.60. The van der Waals surface area contributed by atoms with Crippen molar-refractivity contribution in [2.24, 2.45) is 0 Å². The van der Waals surface area contributed by atoms with Crippen molar-refractivity contribution in [1.82, 2.24) is 9.38 Å². The molecule has 0 saturated heterocycles. The van der Waals surface area contributed by atoms with E-state index in [-0.39, 0.29) is 0 Å². The van der Waals surface area contributed by atoms with Crippen LogP contribution in [0.15, 0.2) is 42.6 Å². The molecule has 2 aromatic heterocycles. The van der Waals surface area contributed by atoms with Crippen LogP contribution in [0.5, 0.6) is 0 Å². The first-order valence-corrected chi connectivity index (χ1v) is 9.21. The Labute approximate surface area is 153 Å². The molecule has 130 valence electrons. The Morgan fingerprint density at radius 3 is 2.48 bits per heavy atom. The van der Waals surface area contributed by atoms with Crippen molar-refractivity contribution in [3.8, 4) is 11.3 Å². The summed E-state index contributed by atoms with van der Waals surface area (Å²) in [7, 11) is 4.10. The maximum atomic E-state index is 6.24. The summed E-state index contributed by atoms with van der Waals surface area (Å²) in [5.74, 6) is 1.04. The average Bonchev–Trinajstić information content (AvgIpc) is 3.24. The molecule has 0 bridgehead atoms. The summed E-state index contributed by atoms with van der Waals surface area (Å²) in [6.45, 7) is 0. The van der Waals surface area contributed by atoms with E-state index >= 15 is 0 Å². The van der Waals surface area contributed by atoms with Gasteiger partial charge in [-0.3, -0.25) is 4.40 Å². The first kappa shape index (κ1) is 16.3. The van der Waals surface area contributed by atoms with E-state index in [0.717, 1.165) is 22.7 Å². The van der Waals surface area contributed by atoms with E-state index < -0.39 is 0 Å². The van der Waals surface area contributed by atoms with E-state index in [1.165, 1.54) is 31.4 Å². The van der Waals surface area contributed by atoms with Crippen LogP contribution in [0, 0.1) is 0 Å². The first-order chi connectivity index (χ1) is 12.1. The highest BCUT2D eigenvalue weighted by Crippen LogP contribution is 2.33. The van der Waals surface area contributed by atoms with Crippen LogP contribution in [0.2, 0.25) is 5.02 Å². The topological polar surface area (TPSA) is 32.6 Å². The minimum absolute atomic E-state index is 0.513. The van der Waals surface area contributed by atoms with Crippen LogP contribution in [-0.2, 0) is 0 Å². The zero-order chi connectivity index (χ0) is 17.4. The maximum absolute atomic E-state index is 6.24. The predicted molar refractivity (Wildman–Crippen MR) is 106 cm³/mol. The molecular formula is C20H23ClN4. The zero-order valence-corrected chi connectivity index (χ0v) is 15.4. The number of rotatable bonds is 4. The van der Waals surface area contributed by atoms with E-state index in [1.54, 1.807) is 0 Å². The van der Waals surface area contributed by atoms with Gasteiger partial charge in [-0.15, -0.1) is 0 Å². The average molecular weight is 355 g/mol.